The molecule has 1 aromatic heterocycles. The van der Waals surface area contributed by atoms with Crippen molar-refractivity contribution in [1.29, 1.82) is 0 Å². The molecule has 1 aromatic carbocycles. The lowest BCUT2D eigenvalue weighted by molar-refractivity contribution is -0.138. The molecular formula is C14H16N2O3. The van der Waals surface area contributed by atoms with E-state index in [9.17, 15) is 4.79 Å². The van der Waals surface area contributed by atoms with Crippen LogP contribution >= 0.6 is 0 Å². The average molecular weight is 260 g/mol. The molecule has 3 N–H and O–H groups in total. The highest BCUT2D eigenvalue weighted by Crippen LogP contribution is 2.21. The molecule has 0 amide bonds. The zero-order chi connectivity index (χ0) is 13.8. The summed E-state index contributed by atoms with van der Waals surface area (Å²) in [4.78, 5) is 10.9. The Bertz CT molecular complexity index is 551. The van der Waals surface area contributed by atoms with Crippen molar-refractivity contribution >= 4 is 5.97 Å². The van der Waals surface area contributed by atoms with Crippen LogP contribution < -0.4 is 5.73 Å². The normalized spacial score (nSPS) is 14.0. The first-order valence-electron chi connectivity index (χ1n) is 6.06. The fourth-order valence-corrected chi connectivity index (χ4v) is 1.78. The van der Waals surface area contributed by atoms with E-state index >= 15 is 0 Å². The maximum Gasteiger partial charge on any atom is 0.312 e. The fourth-order valence-electron chi connectivity index (χ4n) is 1.78. The standard InChI is InChI=1S/C14H16N2O3/c1-9(14(17)18)12-8-13(19-16-12)11(15)7-10-5-3-2-4-6-10/h2-6,8-9,11H,7,15H2,1H3,(H,17,18). The Morgan fingerprint density at radius 2 is 2.11 bits per heavy atom. The van der Waals surface area contributed by atoms with Gasteiger partial charge in [-0.2, -0.15) is 0 Å². The first-order valence-corrected chi connectivity index (χ1v) is 6.06. The Hall–Kier alpha value is -2.14. The molecular weight excluding hydrogens is 244 g/mol. The number of hydrogen-bond acceptors (Lipinski definition) is 4. The molecule has 0 saturated heterocycles. The van der Waals surface area contributed by atoms with Gasteiger partial charge in [-0.25, -0.2) is 0 Å². The number of carboxylic acid groups (broad SMARTS) is 1. The number of rotatable bonds is 5. The topological polar surface area (TPSA) is 89.3 Å². The van der Waals surface area contributed by atoms with E-state index in [1.165, 1.54) is 0 Å². The van der Waals surface area contributed by atoms with Gasteiger partial charge in [-0.3, -0.25) is 4.79 Å². The highest BCUT2D eigenvalue weighted by molar-refractivity contribution is 5.74. The van der Waals surface area contributed by atoms with Crippen molar-refractivity contribution < 1.29 is 14.4 Å². The highest BCUT2D eigenvalue weighted by atomic mass is 16.5. The van der Waals surface area contributed by atoms with Crippen molar-refractivity contribution in [2.75, 3.05) is 0 Å². The third-order valence-electron chi connectivity index (χ3n) is 3.02. The molecule has 2 unspecified atom stereocenters. The maximum atomic E-state index is 10.9. The Morgan fingerprint density at radius 1 is 1.42 bits per heavy atom. The van der Waals surface area contributed by atoms with Crippen LogP contribution in [0, 0.1) is 0 Å². The molecule has 5 nitrogen and oxygen atoms in total. The summed E-state index contributed by atoms with van der Waals surface area (Å²) < 4.78 is 5.13. The zero-order valence-electron chi connectivity index (χ0n) is 10.6. The molecule has 0 aliphatic heterocycles. The van der Waals surface area contributed by atoms with E-state index in [0.717, 1.165) is 5.56 Å². The molecule has 19 heavy (non-hydrogen) atoms. The second-order valence-electron chi connectivity index (χ2n) is 4.51. The van der Waals surface area contributed by atoms with Crippen molar-refractivity contribution in [3.63, 3.8) is 0 Å². The van der Waals surface area contributed by atoms with Gasteiger partial charge >= 0.3 is 5.97 Å². The molecule has 0 fully saturated rings. The van der Waals surface area contributed by atoms with Gasteiger partial charge in [0.25, 0.3) is 0 Å². The average Bonchev–Trinajstić information content (AvgIpc) is 2.88. The van der Waals surface area contributed by atoms with Gasteiger partial charge < -0.3 is 15.4 Å². The van der Waals surface area contributed by atoms with E-state index in [1.807, 2.05) is 30.3 Å². The first kappa shape index (κ1) is 13.3. The van der Waals surface area contributed by atoms with Crippen molar-refractivity contribution in [2.45, 2.75) is 25.3 Å². The molecule has 0 aliphatic carbocycles. The van der Waals surface area contributed by atoms with Crippen molar-refractivity contribution in [3.8, 4) is 0 Å². The third kappa shape index (κ3) is 3.20. The van der Waals surface area contributed by atoms with Gasteiger partial charge in [0.2, 0.25) is 0 Å². The van der Waals surface area contributed by atoms with Gasteiger partial charge in [-0.15, -0.1) is 0 Å². The summed E-state index contributed by atoms with van der Waals surface area (Å²) in [5.41, 5.74) is 7.53. The van der Waals surface area contributed by atoms with E-state index in [1.54, 1.807) is 13.0 Å². The van der Waals surface area contributed by atoms with Crippen molar-refractivity contribution in [1.82, 2.24) is 5.16 Å². The summed E-state index contributed by atoms with van der Waals surface area (Å²) >= 11 is 0. The van der Waals surface area contributed by atoms with Crippen LogP contribution in [0.2, 0.25) is 0 Å². The second kappa shape index (κ2) is 5.67. The summed E-state index contributed by atoms with van der Waals surface area (Å²) in [5.74, 6) is -1.12. The highest BCUT2D eigenvalue weighted by Gasteiger charge is 2.20. The molecule has 2 aromatic rings. The number of nitrogens with two attached hydrogens (primary N) is 1. The van der Waals surface area contributed by atoms with E-state index in [0.29, 0.717) is 17.9 Å². The SMILES string of the molecule is CC(C(=O)O)c1cc(C(N)Cc2ccccc2)on1. The van der Waals surface area contributed by atoms with Crippen LogP contribution in [0.1, 0.15) is 35.9 Å². The molecule has 2 atom stereocenters. The zero-order valence-corrected chi connectivity index (χ0v) is 10.6. The maximum absolute atomic E-state index is 10.9. The molecule has 0 spiro atoms. The van der Waals surface area contributed by atoms with Crippen molar-refractivity contribution in [2.24, 2.45) is 5.73 Å². The second-order valence-corrected chi connectivity index (χ2v) is 4.51. The summed E-state index contributed by atoms with van der Waals surface area (Å²) in [5, 5.41) is 12.7. The minimum absolute atomic E-state index is 0.329. The molecule has 0 saturated carbocycles. The monoisotopic (exact) mass is 260 g/mol. The number of aliphatic carboxylic acids is 1. The van der Waals surface area contributed by atoms with Crippen molar-refractivity contribution in [3.05, 3.63) is 53.4 Å². The lowest BCUT2D eigenvalue weighted by Gasteiger charge is -2.07. The molecule has 2 rings (SSSR count). The molecule has 1 heterocycles. The summed E-state index contributed by atoms with van der Waals surface area (Å²) in [6.07, 6.45) is 0.622. The summed E-state index contributed by atoms with van der Waals surface area (Å²) in [6, 6.07) is 11.1. The molecule has 0 aliphatic rings. The number of benzene rings is 1. The minimum atomic E-state index is -0.934. The predicted octanol–water partition coefficient (Wildman–Crippen LogP) is 2.11. The van der Waals surface area contributed by atoms with E-state index in [-0.39, 0.29) is 6.04 Å². The third-order valence-corrected chi connectivity index (χ3v) is 3.02. The van der Waals surface area contributed by atoms with Gasteiger partial charge in [0.1, 0.15) is 0 Å². The van der Waals surface area contributed by atoms with Crippen LogP contribution in [0.3, 0.4) is 0 Å². The Labute approximate surface area is 111 Å². The first-order chi connectivity index (χ1) is 9.08. The fraction of sp³-hybridized carbons (Fsp3) is 0.286. The Morgan fingerprint density at radius 3 is 2.74 bits per heavy atom. The van der Waals surface area contributed by atoms with Crippen LogP contribution in [0.5, 0.6) is 0 Å². The number of aromatic nitrogens is 1. The van der Waals surface area contributed by atoms with Crippen LogP contribution in [-0.4, -0.2) is 16.2 Å². The van der Waals surface area contributed by atoms with Gasteiger partial charge in [0.15, 0.2) is 5.76 Å². The van der Waals surface area contributed by atoms with Gasteiger partial charge in [0, 0.05) is 6.07 Å². The Balaban J connectivity index is 2.08. The number of hydrogen-bond donors (Lipinski definition) is 2. The van der Waals surface area contributed by atoms with Crippen LogP contribution in [-0.2, 0) is 11.2 Å². The van der Waals surface area contributed by atoms with Crippen LogP contribution in [0.4, 0.5) is 0 Å². The van der Waals surface area contributed by atoms with Gasteiger partial charge in [-0.05, 0) is 18.9 Å². The largest absolute Gasteiger partial charge is 0.481 e. The van der Waals surface area contributed by atoms with E-state index < -0.39 is 11.9 Å². The lowest BCUT2D eigenvalue weighted by Crippen LogP contribution is -2.12. The number of nitrogens with zero attached hydrogens (tertiary/aromatic N) is 1. The predicted molar refractivity (Wildman–Crippen MR) is 69.6 cm³/mol. The van der Waals surface area contributed by atoms with Gasteiger partial charge in [-0.1, -0.05) is 35.5 Å². The van der Waals surface area contributed by atoms with E-state index in [4.69, 9.17) is 15.4 Å². The summed E-state index contributed by atoms with van der Waals surface area (Å²) in [6.45, 7) is 1.56. The van der Waals surface area contributed by atoms with Crippen LogP contribution in [0.25, 0.3) is 0 Å². The van der Waals surface area contributed by atoms with Gasteiger partial charge in [0.05, 0.1) is 17.7 Å². The number of carbonyl (C=O) groups is 1. The molecule has 100 valence electrons. The number of carboxylic acids is 1. The lowest BCUT2D eigenvalue weighted by atomic mass is 10.0. The molecule has 0 bridgehead atoms. The smallest absolute Gasteiger partial charge is 0.312 e. The summed E-state index contributed by atoms with van der Waals surface area (Å²) in [7, 11) is 0. The minimum Gasteiger partial charge on any atom is -0.481 e. The quantitative estimate of drug-likeness (QED) is 0.859. The molecule has 5 heteroatoms. The molecule has 0 radical (unpaired) electrons. The Kier molecular flexibility index (Phi) is 3.97. The van der Waals surface area contributed by atoms with Crippen LogP contribution in [0.15, 0.2) is 40.9 Å². The van der Waals surface area contributed by atoms with E-state index in [2.05, 4.69) is 5.16 Å².